The summed E-state index contributed by atoms with van der Waals surface area (Å²) in [5.74, 6) is -4.55. The highest BCUT2D eigenvalue weighted by molar-refractivity contribution is 7.80. The number of nitrogens with one attached hydrogen (secondary N) is 5. The zero-order valence-corrected chi connectivity index (χ0v) is 27.5. The maximum Gasteiger partial charge on any atom is 0.325 e. The van der Waals surface area contributed by atoms with Crippen LogP contribution in [0.4, 0.5) is 0 Å². The van der Waals surface area contributed by atoms with Gasteiger partial charge in [-0.2, -0.15) is 12.6 Å². The topological polar surface area (TPSA) is 229 Å². The zero-order valence-electron chi connectivity index (χ0n) is 26.6. The maximum atomic E-state index is 13.7. The van der Waals surface area contributed by atoms with Crippen molar-refractivity contribution in [3.8, 4) is 5.75 Å². The number of benzene rings is 1. The summed E-state index contributed by atoms with van der Waals surface area (Å²) < 4.78 is 0. The van der Waals surface area contributed by atoms with Gasteiger partial charge in [-0.3, -0.25) is 28.8 Å². The first-order valence-corrected chi connectivity index (χ1v) is 15.5. The molecule has 0 fully saturated rings. The number of nitrogens with two attached hydrogens (primary N) is 1. The van der Waals surface area contributed by atoms with Crippen molar-refractivity contribution in [3.63, 3.8) is 0 Å². The third kappa shape index (κ3) is 14.2. The van der Waals surface area contributed by atoms with Gasteiger partial charge in [0.2, 0.25) is 29.5 Å². The molecule has 0 aromatic heterocycles. The Kier molecular flexibility index (Phi) is 16.4. The molecule has 1 aromatic carbocycles. The van der Waals surface area contributed by atoms with Crippen LogP contribution >= 0.6 is 12.6 Å². The summed E-state index contributed by atoms with van der Waals surface area (Å²) >= 11 is 4.03. The summed E-state index contributed by atoms with van der Waals surface area (Å²) in [6.07, 6.45) is 0.423. The van der Waals surface area contributed by atoms with Crippen LogP contribution in [0.2, 0.25) is 0 Å². The molecule has 0 aliphatic carbocycles. The summed E-state index contributed by atoms with van der Waals surface area (Å²) in [6, 6.07) is -0.531. The van der Waals surface area contributed by atoms with Gasteiger partial charge < -0.3 is 42.5 Å². The normalized spacial score (nSPS) is 15.2. The van der Waals surface area contributed by atoms with Crippen molar-refractivity contribution in [1.29, 1.82) is 0 Å². The molecule has 1 rings (SSSR count). The quantitative estimate of drug-likeness (QED) is 0.0958. The van der Waals surface area contributed by atoms with Gasteiger partial charge in [0.25, 0.3) is 0 Å². The highest BCUT2D eigenvalue weighted by Gasteiger charge is 2.32. The molecule has 1 aromatic rings. The lowest BCUT2D eigenvalue weighted by atomic mass is 9.99. The number of carbonyl (C=O) groups is 6. The van der Waals surface area contributed by atoms with E-state index in [1.807, 2.05) is 27.7 Å². The summed E-state index contributed by atoms with van der Waals surface area (Å²) in [4.78, 5) is 76.4. The molecular formula is C30H48N6O8S. The lowest BCUT2D eigenvalue weighted by molar-refractivity contribution is -0.141. The minimum Gasteiger partial charge on any atom is -0.508 e. The summed E-state index contributed by atoms with van der Waals surface area (Å²) in [7, 11) is 0. The molecule has 0 saturated carbocycles. The number of thiol groups is 1. The number of hydrogen-bond acceptors (Lipinski definition) is 9. The van der Waals surface area contributed by atoms with Crippen LogP contribution in [-0.4, -0.2) is 87.7 Å². The number of carboxylic acid groups (broad SMARTS) is 1. The number of hydrogen-bond donors (Lipinski definition) is 9. The van der Waals surface area contributed by atoms with Gasteiger partial charge in [-0.15, -0.1) is 0 Å². The SMILES string of the molecule is CC(C)C[C@H](NC(=O)[C@H](Cc1ccc(O)cc1)NC(=O)[C@H](CC(C)C)NC(=O)[C@@H](N)CS)C(=O)N[C@@H](C)C(=O)N[C@@H](C)C(=O)O. The molecule has 0 aliphatic rings. The molecule has 0 radical (unpaired) electrons. The molecule has 0 aliphatic heterocycles. The third-order valence-corrected chi connectivity index (χ3v) is 7.10. The smallest absolute Gasteiger partial charge is 0.325 e. The monoisotopic (exact) mass is 652 g/mol. The zero-order chi connectivity index (χ0) is 34.4. The van der Waals surface area contributed by atoms with Gasteiger partial charge in [-0.05, 0) is 56.2 Å². The molecule has 0 bridgehead atoms. The second kappa shape index (κ2) is 18.8. The van der Waals surface area contributed by atoms with Gasteiger partial charge in [0.05, 0.1) is 6.04 Å². The largest absolute Gasteiger partial charge is 0.508 e. The van der Waals surface area contributed by atoms with Crippen LogP contribution in [0.15, 0.2) is 24.3 Å². The number of aromatic hydroxyl groups is 1. The lowest BCUT2D eigenvalue weighted by Crippen LogP contribution is -2.59. The van der Waals surface area contributed by atoms with E-state index in [1.165, 1.54) is 26.0 Å². The fraction of sp³-hybridized carbons (Fsp3) is 0.600. The maximum absolute atomic E-state index is 13.7. The van der Waals surface area contributed by atoms with Crippen LogP contribution in [0.25, 0.3) is 0 Å². The number of amides is 5. The molecule has 15 heteroatoms. The van der Waals surface area contributed by atoms with E-state index in [1.54, 1.807) is 12.1 Å². The second-order valence-corrected chi connectivity index (χ2v) is 12.3. The number of aliphatic carboxylic acids is 1. The predicted octanol–water partition coefficient (Wildman–Crippen LogP) is -0.168. The lowest BCUT2D eigenvalue weighted by Gasteiger charge is -2.27. The van der Waals surface area contributed by atoms with Gasteiger partial charge in [-0.1, -0.05) is 39.8 Å². The Morgan fingerprint density at radius 1 is 0.667 bits per heavy atom. The van der Waals surface area contributed by atoms with E-state index in [2.05, 4.69) is 39.2 Å². The molecular weight excluding hydrogens is 604 g/mol. The van der Waals surface area contributed by atoms with E-state index in [0.717, 1.165) is 0 Å². The average Bonchev–Trinajstić information content (AvgIpc) is 2.95. The van der Waals surface area contributed by atoms with E-state index < -0.39 is 71.8 Å². The fourth-order valence-corrected chi connectivity index (χ4v) is 4.33. The minimum atomic E-state index is -1.24. The molecule has 45 heavy (non-hydrogen) atoms. The Balaban J connectivity index is 3.25. The molecule has 14 nitrogen and oxygen atoms in total. The van der Waals surface area contributed by atoms with Crippen LogP contribution in [0.5, 0.6) is 5.75 Å². The Morgan fingerprint density at radius 3 is 1.56 bits per heavy atom. The summed E-state index contributed by atoms with van der Waals surface area (Å²) in [5, 5.41) is 31.5. The molecule has 0 unspecified atom stereocenters. The Labute approximate surface area is 269 Å². The van der Waals surface area contributed by atoms with Crippen LogP contribution in [-0.2, 0) is 35.2 Å². The number of carbonyl (C=O) groups excluding carboxylic acids is 5. The van der Waals surface area contributed by atoms with E-state index in [4.69, 9.17) is 10.8 Å². The van der Waals surface area contributed by atoms with Gasteiger partial charge in [0, 0.05) is 12.2 Å². The number of phenols is 1. The van der Waals surface area contributed by atoms with Crippen LogP contribution in [0.1, 0.15) is 59.9 Å². The summed E-state index contributed by atoms with van der Waals surface area (Å²) in [5.41, 5.74) is 6.37. The van der Waals surface area contributed by atoms with E-state index >= 15 is 0 Å². The number of phenolic OH excluding ortho intramolecular Hbond substituents is 1. The summed E-state index contributed by atoms with van der Waals surface area (Å²) in [6.45, 7) is 10.1. The third-order valence-electron chi connectivity index (χ3n) is 6.70. The minimum absolute atomic E-state index is 0.00514. The number of rotatable bonds is 18. The Hall–Kier alpha value is -3.85. The van der Waals surface area contributed by atoms with Crippen LogP contribution < -0.4 is 32.3 Å². The van der Waals surface area contributed by atoms with Gasteiger partial charge >= 0.3 is 5.97 Å². The van der Waals surface area contributed by atoms with Crippen LogP contribution in [0, 0.1) is 11.8 Å². The first kappa shape index (κ1) is 39.2. The van der Waals surface area contributed by atoms with Gasteiger partial charge in [-0.25, -0.2) is 0 Å². The van der Waals surface area contributed by atoms with Gasteiger partial charge in [0.1, 0.15) is 36.0 Å². The van der Waals surface area contributed by atoms with E-state index in [0.29, 0.717) is 5.56 Å². The van der Waals surface area contributed by atoms with Crippen molar-refractivity contribution < 1.29 is 39.0 Å². The Morgan fingerprint density at radius 2 is 1.09 bits per heavy atom. The van der Waals surface area contributed by atoms with Crippen molar-refractivity contribution in [2.45, 2.75) is 97.1 Å². The first-order valence-electron chi connectivity index (χ1n) is 14.8. The number of carboxylic acids is 1. The first-order chi connectivity index (χ1) is 20.9. The van der Waals surface area contributed by atoms with E-state index in [-0.39, 0.29) is 42.6 Å². The Bertz CT molecular complexity index is 1180. The van der Waals surface area contributed by atoms with Crippen molar-refractivity contribution in [2.75, 3.05) is 5.75 Å². The average molecular weight is 653 g/mol. The highest BCUT2D eigenvalue weighted by Crippen LogP contribution is 2.13. The van der Waals surface area contributed by atoms with Crippen LogP contribution in [0.3, 0.4) is 0 Å². The molecule has 0 heterocycles. The van der Waals surface area contributed by atoms with Crippen molar-refractivity contribution >= 4 is 48.1 Å². The fourth-order valence-electron chi connectivity index (χ4n) is 4.17. The van der Waals surface area contributed by atoms with Crippen molar-refractivity contribution in [2.24, 2.45) is 17.6 Å². The van der Waals surface area contributed by atoms with Gasteiger partial charge in [0.15, 0.2) is 0 Å². The molecule has 0 spiro atoms. The van der Waals surface area contributed by atoms with E-state index in [9.17, 15) is 33.9 Å². The molecule has 9 N–H and O–H groups in total. The molecule has 0 saturated heterocycles. The molecule has 252 valence electrons. The van der Waals surface area contributed by atoms with Crippen molar-refractivity contribution in [1.82, 2.24) is 26.6 Å². The predicted molar refractivity (Wildman–Crippen MR) is 171 cm³/mol. The molecule has 6 atom stereocenters. The standard InChI is InChI=1S/C30H48N6O8S/c1-15(2)11-22(27(40)32-17(5)25(38)33-18(6)30(43)44)35-29(42)24(13-19-7-9-20(37)10-8-19)36-28(41)23(12-16(3)4)34-26(39)21(31)14-45/h7-10,15-18,21-24,37,45H,11-14,31H2,1-6H3,(H,32,40)(H,33,38)(H,34,39)(H,35,42)(H,36,41)(H,43,44)/t17-,18-,21-,22-,23-,24-/m0/s1. The van der Waals surface area contributed by atoms with Crippen molar-refractivity contribution in [3.05, 3.63) is 29.8 Å². The highest BCUT2D eigenvalue weighted by atomic mass is 32.1. The molecule has 5 amide bonds. The second-order valence-electron chi connectivity index (χ2n) is 11.9.